The van der Waals surface area contributed by atoms with E-state index in [1.807, 2.05) is 31.2 Å². The van der Waals surface area contributed by atoms with E-state index in [1.54, 1.807) is 18.2 Å². The van der Waals surface area contributed by atoms with Gasteiger partial charge in [-0.1, -0.05) is 54.4 Å². The molecule has 4 heteroatoms. The topological polar surface area (TPSA) is 29.1 Å². The van der Waals surface area contributed by atoms with Crippen LogP contribution in [0.15, 0.2) is 42.5 Å². The maximum Gasteiger partial charge on any atom is 0.137 e. The summed E-state index contributed by atoms with van der Waals surface area (Å²) in [5.41, 5.74) is 2.45. The number of Topliss-reactive ketones (excluding diaryl/α,β-unsaturated/α-hetero) is 1. The van der Waals surface area contributed by atoms with Gasteiger partial charge in [0, 0.05) is 18.5 Å². The van der Waals surface area contributed by atoms with Crippen LogP contribution in [0.25, 0.3) is 0 Å². The molecule has 0 bridgehead atoms. The first-order valence-electron chi connectivity index (χ1n) is 6.42. The van der Waals surface area contributed by atoms with Gasteiger partial charge in [-0.05, 0) is 23.8 Å². The van der Waals surface area contributed by atoms with E-state index in [0.717, 1.165) is 11.3 Å². The van der Waals surface area contributed by atoms with Crippen molar-refractivity contribution in [2.45, 2.75) is 19.8 Å². The van der Waals surface area contributed by atoms with Crippen LogP contribution in [0.2, 0.25) is 10.0 Å². The molecule has 2 aromatic carbocycles. The lowest BCUT2D eigenvalue weighted by molar-refractivity contribution is -0.118. The molecular formula is C16H15Cl2NO. The Morgan fingerprint density at radius 1 is 1.05 bits per heavy atom. The number of nitrogens with one attached hydrogen (secondary N) is 1. The molecule has 2 rings (SSSR count). The average Bonchev–Trinajstić information content (AvgIpc) is 2.44. The Hall–Kier alpha value is -1.51. The Morgan fingerprint density at radius 3 is 2.35 bits per heavy atom. The quantitative estimate of drug-likeness (QED) is 0.816. The van der Waals surface area contributed by atoms with Crippen molar-refractivity contribution >= 4 is 40.4 Å². The van der Waals surface area contributed by atoms with E-state index in [0.29, 0.717) is 28.6 Å². The van der Waals surface area contributed by atoms with Crippen LogP contribution in [0.1, 0.15) is 18.9 Å². The Morgan fingerprint density at radius 2 is 1.70 bits per heavy atom. The SMILES string of the molecule is CCC(=O)Cc1ccccc1Nc1c(Cl)cccc1Cl. The van der Waals surface area contributed by atoms with Gasteiger partial charge in [0.25, 0.3) is 0 Å². The molecule has 104 valence electrons. The van der Waals surface area contributed by atoms with Crippen LogP contribution >= 0.6 is 23.2 Å². The van der Waals surface area contributed by atoms with Crippen LogP contribution in [0.4, 0.5) is 11.4 Å². The number of ketones is 1. The normalized spacial score (nSPS) is 10.3. The second-order valence-corrected chi connectivity index (χ2v) is 5.26. The van der Waals surface area contributed by atoms with Crippen molar-refractivity contribution in [1.82, 2.24) is 0 Å². The zero-order valence-corrected chi connectivity index (χ0v) is 12.6. The molecule has 0 aliphatic heterocycles. The molecule has 0 radical (unpaired) electrons. The summed E-state index contributed by atoms with van der Waals surface area (Å²) < 4.78 is 0. The van der Waals surface area contributed by atoms with Crippen molar-refractivity contribution < 1.29 is 4.79 Å². The zero-order chi connectivity index (χ0) is 14.5. The predicted molar refractivity (Wildman–Crippen MR) is 85.2 cm³/mol. The van der Waals surface area contributed by atoms with Crippen LogP contribution < -0.4 is 5.32 Å². The number of halogens is 2. The Balaban J connectivity index is 2.32. The van der Waals surface area contributed by atoms with E-state index < -0.39 is 0 Å². The number of hydrogen-bond acceptors (Lipinski definition) is 2. The van der Waals surface area contributed by atoms with E-state index in [1.165, 1.54) is 0 Å². The number of hydrogen-bond donors (Lipinski definition) is 1. The molecule has 0 aliphatic rings. The molecule has 0 amide bonds. The standard InChI is InChI=1S/C16H15Cl2NO/c1-2-12(20)10-11-6-3-4-9-15(11)19-16-13(17)7-5-8-14(16)18/h3-9,19H,2,10H2,1H3. The summed E-state index contributed by atoms with van der Waals surface area (Å²) in [5, 5.41) is 4.32. The summed E-state index contributed by atoms with van der Waals surface area (Å²) in [6.07, 6.45) is 0.933. The van der Waals surface area contributed by atoms with Gasteiger partial charge in [-0.3, -0.25) is 4.79 Å². The van der Waals surface area contributed by atoms with E-state index in [4.69, 9.17) is 23.2 Å². The van der Waals surface area contributed by atoms with Gasteiger partial charge < -0.3 is 5.32 Å². The molecular weight excluding hydrogens is 293 g/mol. The van der Waals surface area contributed by atoms with Gasteiger partial charge in [0.1, 0.15) is 5.78 Å². The average molecular weight is 308 g/mol. The van der Waals surface area contributed by atoms with Crippen LogP contribution in [-0.2, 0) is 11.2 Å². The number of para-hydroxylation sites is 2. The fourth-order valence-electron chi connectivity index (χ4n) is 1.89. The second-order valence-electron chi connectivity index (χ2n) is 4.45. The van der Waals surface area contributed by atoms with Gasteiger partial charge in [-0.15, -0.1) is 0 Å². The van der Waals surface area contributed by atoms with E-state index in [9.17, 15) is 4.79 Å². The first kappa shape index (κ1) is 14.9. The molecule has 0 unspecified atom stereocenters. The van der Waals surface area contributed by atoms with Gasteiger partial charge in [0.2, 0.25) is 0 Å². The molecule has 1 N–H and O–H groups in total. The Bertz CT molecular complexity index is 605. The van der Waals surface area contributed by atoms with E-state index in [2.05, 4.69) is 5.32 Å². The summed E-state index contributed by atoms with van der Waals surface area (Å²) in [5.74, 6) is 0.199. The van der Waals surface area contributed by atoms with Crippen LogP contribution in [-0.4, -0.2) is 5.78 Å². The number of carbonyl (C=O) groups excluding carboxylic acids is 1. The molecule has 0 saturated carbocycles. The molecule has 0 heterocycles. The molecule has 0 aliphatic carbocycles. The summed E-state index contributed by atoms with van der Waals surface area (Å²) in [7, 11) is 0. The Labute approximate surface area is 128 Å². The van der Waals surface area contributed by atoms with Crippen molar-refractivity contribution in [1.29, 1.82) is 0 Å². The first-order chi connectivity index (χ1) is 9.61. The highest BCUT2D eigenvalue weighted by Gasteiger charge is 2.10. The molecule has 0 saturated heterocycles. The lowest BCUT2D eigenvalue weighted by Gasteiger charge is -2.14. The van der Waals surface area contributed by atoms with Crippen molar-refractivity contribution in [3.8, 4) is 0 Å². The lowest BCUT2D eigenvalue weighted by Crippen LogP contribution is -2.04. The summed E-state index contributed by atoms with van der Waals surface area (Å²) >= 11 is 12.3. The van der Waals surface area contributed by atoms with E-state index >= 15 is 0 Å². The van der Waals surface area contributed by atoms with Gasteiger partial charge in [0.05, 0.1) is 15.7 Å². The minimum Gasteiger partial charge on any atom is -0.353 e. The number of carbonyl (C=O) groups is 1. The van der Waals surface area contributed by atoms with Crippen LogP contribution in [0.5, 0.6) is 0 Å². The molecule has 0 spiro atoms. The molecule has 0 fully saturated rings. The van der Waals surface area contributed by atoms with E-state index in [-0.39, 0.29) is 5.78 Å². The van der Waals surface area contributed by atoms with Crippen molar-refractivity contribution in [2.75, 3.05) is 5.32 Å². The van der Waals surface area contributed by atoms with Gasteiger partial charge in [0.15, 0.2) is 0 Å². The van der Waals surface area contributed by atoms with Crippen molar-refractivity contribution in [2.24, 2.45) is 0 Å². The summed E-state index contributed by atoms with van der Waals surface area (Å²) in [6.45, 7) is 1.86. The minimum atomic E-state index is 0.199. The molecule has 2 nitrogen and oxygen atoms in total. The van der Waals surface area contributed by atoms with Crippen LogP contribution in [0, 0.1) is 0 Å². The maximum absolute atomic E-state index is 11.6. The van der Waals surface area contributed by atoms with Crippen molar-refractivity contribution in [3.05, 3.63) is 58.1 Å². The minimum absolute atomic E-state index is 0.199. The molecule has 20 heavy (non-hydrogen) atoms. The number of benzene rings is 2. The lowest BCUT2D eigenvalue weighted by atomic mass is 10.1. The maximum atomic E-state index is 11.6. The second kappa shape index (κ2) is 6.78. The fourth-order valence-corrected chi connectivity index (χ4v) is 2.38. The van der Waals surface area contributed by atoms with Gasteiger partial charge in [-0.2, -0.15) is 0 Å². The summed E-state index contributed by atoms with van der Waals surface area (Å²) in [4.78, 5) is 11.6. The van der Waals surface area contributed by atoms with Crippen molar-refractivity contribution in [3.63, 3.8) is 0 Å². The highest BCUT2D eigenvalue weighted by atomic mass is 35.5. The largest absolute Gasteiger partial charge is 0.353 e. The monoisotopic (exact) mass is 307 g/mol. The number of rotatable bonds is 5. The van der Waals surface area contributed by atoms with Crippen LogP contribution in [0.3, 0.4) is 0 Å². The predicted octanol–water partition coefficient (Wildman–Crippen LogP) is 5.26. The highest BCUT2D eigenvalue weighted by molar-refractivity contribution is 6.39. The first-order valence-corrected chi connectivity index (χ1v) is 7.18. The molecule has 0 atom stereocenters. The molecule has 2 aromatic rings. The zero-order valence-electron chi connectivity index (χ0n) is 11.1. The van der Waals surface area contributed by atoms with Gasteiger partial charge >= 0.3 is 0 Å². The molecule has 0 aromatic heterocycles. The number of anilines is 2. The Kier molecular flexibility index (Phi) is 5.05. The highest BCUT2D eigenvalue weighted by Crippen LogP contribution is 2.33. The third-order valence-electron chi connectivity index (χ3n) is 3.02. The van der Waals surface area contributed by atoms with Gasteiger partial charge in [-0.25, -0.2) is 0 Å². The summed E-state index contributed by atoms with van der Waals surface area (Å²) in [6, 6.07) is 13.0. The third kappa shape index (κ3) is 3.53. The fraction of sp³-hybridized carbons (Fsp3) is 0.188. The smallest absolute Gasteiger partial charge is 0.137 e. The third-order valence-corrected chi connectivity index (χ3v) is 3.65.